The maximum atomic E-state index is 13.2. The van der Waals surface area contributed by atoms with Crippen molar-refractivity contribution < 1.29 is 13.2 Å². The molecule has 180 valence electrons. The molecule has 0 unspecified atom stereocenters. The Hall–Kier alpha value is -3.11. The summed E-state index contributed by atoms with van der Waals surface area (Å²) in [7, 11) is -3.87. The molecule has 11 heteroatoms. The zero-order valence-electron chi connectivity index (χ0n) is 19.2. The van der Waals surface area contributed by atoms with Gasteiger partial charge in [0.15, 0.2) is 5.82 Å². The Bertz CT molecular complexity index is 1320. The lowest BCUT2D eigenvalue weighted by Gasteiger charge is -2.20. The van der Waals surface area contributed by atoms with E-state index in [0.29, 0.717) is 41.6 Å². The van der Waals surface area contributed by atoms with E-state index in [1.54, 1.807) is 41.6 Å². The van der Waals surface area contributed by atoms with E-state index in [0.717, 1.165) is 5.56 Å². The van der Waals surface area contributed by atoms with E-state index in [4.69, 9.17) is 17.3 Å². The van der Waals surface area contributed by atoms with Gasteiger partial charge in [-0.2, -0.15) is 0 Å². The Labute approximate surface area is 204 Å². The van der Waals surface area contributed by atoms with Crippen LogP contribution in [0.3, 0.4) is 0 Å². The predicted octanol–water partition coefficient (Wildman–Crippen LogP) is 4.02. The van der Waals surface area contributed by atoms with Crippen LogP contribution in [0.5, 0.6) is 0 Å². The van der Waals surface area contributed by atoms with Crippen molar-refractivity contribution in [2.75, 3.05) is 17.8 Å². The summed E-state index contributed by atoms with van der Waals surface area (Å²) < 4.78 is 30.9. The molecule has 0 radical (unpaired) electrons. The van der Waals surface area contributed by atoms with E-state index in [9.17, 15) is 13.2 Å². The number of carbonyl (C=O) groups excluding carboxylic acids is 1. The van der Waals surface area contributed by atoms with Crippen LogP contribution in [0.15, 0.2) is 53.7 Å². The lowest BCUT2D eigenvalue weighted by Crippen LogP contribution is -2.33. The van der Waals surface area contributed by atoms with E-state index in [-0.39, 0.29) is 16.4 Å². The van der Waals surface area contributed by atoms with E-state index in [1.807, 2.05) is 16.7 Å². The van der Waals surface area contributed by atoms with Gasteiger partial charge in [-0.25, -0.2) is 13.2 Å². The lowest BCUT2D eigenvalue weighted by atomic mass is 9.87. The second kappa shape index (κ2) is 8.92. The highest BCUT2D eigenvalue weighted by molar-refractivity contribution is 7.92. The van der Waals surface area contributed by atoms with Gasteiger partial charge in [0.05, 0.1) is 16.6 Å². The predicted molar refractivity (Wildman–Crippen MR) is 131 cm³/mol. The molecule has 34 heavy (non-hydrogen) atoms. The summed E-state index contributed by atoms with van der Waals surface area (Å²) in [6, 6.07) is 11.1. The molecular weight excluding hydrogens is 476 g/mol. The van der Waals surface area contributed by atoms with Crippen molar-refractivity contribution >= 4 is 33.3 Å². The second-order valence-corrected chi connectivity index (χ2v) is 11.5. The number of likely N-dealkylation sites (tertiary alicyclic amines) is 1. The van der Waals surface area contributed by atoms with Crippen LogP contribution in [0.1, 0.15) is 38.8 Å². The first-order valence-corrected chi connectivity index (χ1v) is 12.7. The summed E-state index contributed by atoms with van der Waals surface area (Å²) in [5.41, 5.74) is 7.17. The number of nitrogens with two attached hydrogens (primary N) is 1. The van der Waals surface area contributed by atoms with Crippen LogP contribution in [0.25, 0.3) is 11.4 Å². The number of hydrogen-bond donors (Lipinski definition) is 2. The van der Waals surface area contributed by atoms with Crippen molar-refractivity contribution in [3.8, 4) is 11.4 Å². The summed E-state index contributed by atoms with van der Waals surface area (Å²) in [5, 5.41) is 8.68. The molecule has 2 amide bonds. The summed E-state index contributed by atoms with van der Waals surface area (Å²) in [4.78, 5) is 13.3. The van der Waals surface area contributed by atoms with Gasteiger partial charge in [0.25, 0.3) is 10.0 Å². The first kappa shape index (κ1) is 24.0. The smallest absolute Gasteiger partial charge is 0.314 e. The fourth-order valence-electron chi connectivity index (χ4n) is 4.00. The molecule has 2 heterocycles. The number of nitrogens with one attached hydrogen (secondary N) is 1. The highest BCUT2D eigenvalue weighted by atomic mass is 35.5. The van der Waals surface area contributed by atoms with Crippen LogP contribution in [-0.4, -0.2) is 47.2 Å². The molecule has 1 aliphatic heterocycles. The third-order valence-corrected chi connectivity index (χ3v) is 7.56. The van der Waals surface area contributed by atoms with Gasteiger partial charge in [-0.3, -0.25) is 4.72 Å². The third kappa shape index (κ3) is 4.88. The molecule has 0 bridgehead atoms. The van der Waals surface area contributed by atoms with Gasteiger partial charge >= 0.3 is 6.03 Å². The molecule has 1 aliphatic rings. The van der Waals surface area contributed by atoms with Gasteiger partial charge in [-0.05, 0) is 47.7 Å². The number of urea groups is 1. The van der Waals surface area contributed by atoms with Crippen molar-refractivity contribution in [3.63, 3.8) is 0 Å². The normalized spacial score (nSPS) is 16.6. The van der Waals surface area contributed by atoms with E-state index < -0.39 is 16.1 Å². The highest BCUT2D eigenvalue weighted by Crippen LogP contribution is 2.34. The maximum absolute atomic E-state index is 13.2. The van der Waals surface area contributed by atoms with Gasteiger partial charge in [0.2, 0.25) is 0 Å². The van der Waals surface area contributed by atoms with Crippen LogP contribution in [0.4, 0.5) is 10.5 Å². The van der Waals surface area contributed by atoms with Crippen LogP contribution in [0.2, 0.25) is 5.02 Å². The molecule has 9 nitrogen and oxygen atoms in total. The molecule has 0 saturated carbocycles. The van der Waals surface area contributed by atoms with Crippen molar-refractivity contribution in [2.24, 2.45) is 5.73 Å². The Balaban J connectivity index is 1.67. The molecule has 3 aromatic rings. The van der Waals surface area contributed by atoms with Crippen molar-refractivity contribution in [2.45, 2.75) is 43.5 Å². The monoisotopic (exact) mass is 502 g/mol. The highest BCUT2D eigenvalue weighted by Gasteiger charge is 2.29. The van der Waals surface area contributed by atoms with E-state index in [1.165, 1.54) is 0 Å². The van der Waals surface area contributed by atoms with Gasteiger partial charge in [-0.15, -0.1) is 10.2 Å². The Morgan fingerprint density at radius 2 is 1.88 bits per heavy atom. The van der Waals surface area contributed by atoms with Crippen LogP contribution >= 0.6 is 11.6 Å². The molecule has 0 spiro atoms. The number of anilines is 1. The number of hydrogen-bond acceptors (Lipinski definition) is 5. The lowest BCUT2D eigenvalue weighted by molar-refractivity contribution is 0.217. The van der Waals surface area contributed by atoms with Gasteiger partial charge in [0, 0.05) is 23.7 Å². The molecule has 3 N–H and O–H groups in total. The first-order valence-electron chi connectivity index (χ1n) is 10.8. The number of carbonyl (C=O) groups is 1. The van der Waals surface area contributed by atoms with Crippen LogP contribution in [0, 0.1) is 0 Å². The van der Waals surface area contributed by atoms with Crippen LogP contribution in [-0.2, 0) is 15.4 Å². The Kier molecular flexibility index (Phi) is 6.30. The average Bonchev–Trinajstić information content (AvgIpc) is 3.44. The maximum Gasteiger partial charge on any atom is 0.314 e. The Morgan fingerprint density at radius 3 is 2.50 bits per heavy atom. The minimum absolute atomic E-state index is 0.0898. The number of aromatic nitrogens is 3. The minimum atomic E-state index is -3.87. The number of nitrogens with zero attached hydrogens (tertiary/aromatic N) is 4. The molecule has 4 rings (SSSR count). The minimum Gasteiger partial charge on any atom is -0.351 e. The largest absolute Gasteiger partial charge is 0.351 e. The molecule has 2 aromatic carbocycles. The standard InChI is InChI=1S/C23H27ClN6O3S/c1-23(2,3)15-4-7-18(8-5-15)34(32,33)28-20-9-6-16(24)12-19(20)21-27-26-14-30(21)17-10-11-29(13-17)22(25)31/h4-9,12,14,17,28H,10-11,13H2,1-3H3,(H2,25,31)/t17-/m0/s1. The summed E-state index contributed by atoms with van der Waals surface area (Å²) >= 11 is 6.25. The summed E-state index contributed by atoms with van der Waals surface area (Å²) in [5.74, 6) is 0.444. The fourth-order valence-corrected chi connectivity index (χ4v) is 5.25. The molecule has 0 aliphatic carbocycles. The van der Waals surface area contributed by atoms with Gasteiger partial charge in [-0.1, -0.05) is 44.5 Å². The number of rotatable bonds is 5. The zero-order valence-corrected chi connectivity index (χ0v) is 20.8. The number of benzene rings is 2. The number of halogens is 1. The fraction of sp³-hybridized carbons (Fsp3) is 0.348. The van der Waals surface area contributed by atoms with Crippen molar-refractivity contribution in [1.82, 2.24) is 19.7 Å². The van der Waals surface area contributed by atoms with Crippen LogP contribution < -0.4 is 10.5 Å². The molecule has 1 fully saturated rings. The van der Waals surface area contributed by atoms with Gasteiger partial charge < -0.3 is 15.2 Å². The van der Waals surface area contributed by atoms with E-state index in [2.05, 4.69) is 35.7 Å². The first-order chi connectivity index (χ1) is 16.0. The third-order valence-electron chi connectivity index (χ3n) is 5.94. The molecular formula is C23H27ClN6O3S. The topological polar surface area (TPSA) is 123 Å². The number of amides is 2. The Morgan fingerprint density at radius 1 is 1.18 bits per heavy atom. The van der Waals surface area contributed by atoms with Crippen molar-refractivity contribution in [1.29, 1.82) is 0 Å². The SMILES string of the molecule is CC(C)(C)c1ccc(S(=O)(=O)Nc2ccc(Cl)cc2-c2nncn2[C@H]2CCN(C(N)=O)C2)cc1. The van der Waals surface area contributed by atoms with Crippen molar-refractivity contribution in [3.05, 3.63) is 59.4 Å². The second-order valence-electron chi connectivity index (χ2n) is 9.36. The average molecular weight is 503 g/mol. The quantitative estimate of drug-likeness (QED) is 0.545. The van der Waals surface area contributed by atoms with Gasteiger partial charge in [0.1, 0.15) is 6.33 Å². The zero-order chi connectivity index (χ0) is 24.7. The number of primary amides is 1. The van der Waals surface area contributed by atoms with E-state index >= 15 is 0 Å². The molecule has 1 saturated heterocycles. The summed E-state index contributed by atoms with van der Waals surface area (Å²) in [6.07, 6.45) is 2.24. The molecule has 1 aromatic heterocycles. The molecule has 1 atom stereocenters. The summed E-state index contributed by atoms with van der Waals surface area (Å²) in [6.45, 7) is 7.15. The number of sulfonamides is 1.